The topological polar surface area (TPSA) is 89.9 Å². The van der Waals surface area contributed by atoms with Crippen LogP contribution in [0, 0.1) is 39.4 Å². The fourth-order valence-corrected chi connectivity index (χ4v) is 9.52. The lowest BCUT2D eigenvalue weighted by Gasteiger charge is -2.61. The number of hydrogen-bond acceptors (Lipinski definition) is 5. The lowest BCUT2D eigenvalue weighted by Crippen LogP contribution is -2.56. The quantitative estimate of drug-likeness (QED) is 0.260. The van der Waals surface area contributed by atoms with Gasteiger partial charge in [0, 0.05) is 30.3 Å². The molecule has 0 bridgehead atoms. The summed E-state index contributed by atoms with van der Waals surface area (Å²) >= 11 is 0. The molecule has 0 aromatic heterocycles. The molecular weight excluding hydrogens is 504 g/mol. The van der Waals surface area contributed by atoms with Crippen molar-refractivity contribution in [1.82, 2.24) is 0 Å². The largest absolute Gasteiger partial charge is 0.478 e. The van der Waals surface area contributed by atoms with Crippen molar-refractivity contribution in [2.24, 2.45) is 39.4 Å². The molecule has 4 aliphatic carbocycles. The van der Waals surface area contributed by atoms with Crippen molar-refractivity contribution in [3.8, 4) is 0 Å². The highest BCUT2D eigenvalue weighted by atomic mass is 16.5. The van der Waals surface area contributed by atoms with Gasteiger partial charge in [0.2, 0.25) is 0 Å². The van der Waals surface area contributed by atoms with Gasteiger partial charge in [-0.05, 0) is 91.6 Å². The summed E-state index contributed by atoms with van der Waals surface area (Å²) in [5.74, 6) is -0.286. The number of carboxylic acid groups (broad SMARTS) is 1. The highest BCUT2D eigenvalue weighted by Gasteiger charge is 2.67. The number of aliphatic carboxylic acids is 1. The fourth-order valence-electron chi connectivity index (χ4n) is 9.52. The molecule has 0 heterocycles. The van der Waals surface area contributed by atoms with Gasteiger partial charge >= 0.3 is 17.9 Å². The van der Waals surface area contributed by atoms with Crippen LogP contribution in [0.15, 0.2) is 34.9 Å². The summed E-state index contributed by atoms with van der Waals surface area (Å²) in [6.45, 7) is 18.6. The summed E-state index contributed by atoms with van der Waals surface area (Å²) in [6.07, 6.45) is 12.5. The lowest BCUT2D eigenvalue weighted by molar-refractivity contribution is -0.166. The zero-order valence-electron chi connectivity index (χ0n) is 26.1. The van der Waals surface area contributed by atoms with Crippen LogP contribution in [-0.4, -0.2) is 35.2 Å². The molecule has 0 aliphatic heterocycles. The first-order chi connectivity index (χ1) is 18.5. The van der Waals surface area contributed by atoms with Crippen LogP contribution in [-0.2, 0) is 23.9 Å². The number of carbonyl (C=O) groups excluding carboxylic acids is 2. The van der Waals surface area contributed by atoms with Crippen LogP contribution < -0.4 is 0 Å². The van der Waals surface area contributed by atoms with E-state index in [0.29, 0.717) is 23.3 Å². The van der Waals surface area contributed by atoms with Crippen LogP contribution in [0.1, 0.15) is 107 Å². The molecule has 0 amide bonds. The van der Waals surface area contributed by atoms with Crippen molar-refractivity contribution in [1.29, 1.82) is 0 Å². The third-order valence-electron chi connectivity index (χ3n) is 12.0. The summed E-state index contributed by atoms with van der Waals surface area (Å²) < 4.78 is 12.0. The van der Waals surface area contributed by atoms with E-state index in [2.05, 4.69) is 53.7 Å². The van der Waals surface area contributed by atoms with E-state index in [1.807, 2.05) is 6.08 Å². The van der Waals surface area contributed by atoms with Gasteiger partial charge in [-0.3, -0.25) is 9.59 Å². The van der Waals surface area contributed by atoms with Crippen LogP contribution >= 0.6 is 0 Å². The normalized spacial score (nSPS) is 39.1. The molecule has 1 N–H and O–H groups in total. The highest BCUT2D eigenvalue weighted by molar-refractivity contribution is 5.85. The molecular formula is C34H50O6. The van der Waals surface area contributed by atoms with Crippen molar-refractivity contribution in [2.75, 3.05) is 0 Å². The first kappa shape index (κ1) is 30.6. The number of fused-ring (bicyclic) bond motifs is 5. The van der Waals surface area contributed by atoms with E-state index in [4.69, 9.17) is 9.47 Å². The molecule has 2 saturated carbocycles. The number of allylic oxidation sites excluding steroid dienone is 4. The van der Waals surface area contributed by atoms with E-state index in [-0.39, 0.29) is 45.8 Å². The second-order valence-electron chi connectivity index (χ2n) is 14.4. The van der Waals surface area contributed by atoms with Crippen molar-refractivity contribution < 1.29 is 29.0 Å². The molecule has 4 rings (SSSR count). The van der Waals surface area contributed by atoms with Crippen molar-refractivity contribution in [3.05, 3.63) is 34.9 Å². The number of hydrogen-bond donors (Lipinski definition) is 1. The van der Waals surface area contributed by atoms with Crippen molar-refractivity contribution in [2.45, 2.75) is 119 Å². The Morgan fingerprint density at radius 1 is 1.00 bits per heavy atom. The van der Waals surface area contributed by atoms with Gasteiger partial charge in [0.1, 0.15) is 12.2 Å². The first-order valence-electron chi connectivity index (χ1n) is 15.2. The molecule has 0 spiro atoms. The van der Waals surface area contributed by atoms with Crippen LogP contribution in [0.3, 0.4) is 0 Å². The maximum absolute atomic E-state index is 12.4. The maximum atomic E-state index is 12.4. The third kappa shape index (κ3) is 4.67. The zero-order chi connectivity index (χ0) is 29.8. The Balaban J connectivity index is 1.71. The highest BCUT2D eigenvalue weighted by Crippen LogP contribution is 2.72. The molecule has 0 radical (unpaired) electrons. The average molecular weight is 555 g/mol. The average Bonchev–Trinajstić information content (AvgIpc) is 3.07. The molecule has 0 aromatic rings. The Hall–Kier alpha value is -2.37. The molecule has 0 saturated heterocycles. The summed E-state index contributed by atoms with van der Waals surface area (Å²) in [6, 6.07) is 0. The predicted octanol–water partition coefficient (Wildman–Crippen LogP) is 7.43. The van der Waals surface area contributed by atoms with Gasteiger partial charge in [0.15, 0.2) is 0 Å². The van der Waals surface area contributed by atoms with E-state index in [9.17, 15) is 19.5 Å². The van der Waals surface area contributed by atoms with Crippen molar-refractivity contribution >= 4 is 17.9 Å². The van der Waals surface area contributed by atoms with Gasteiger partial charge in [-0.1, -0.05) is 59.8 Å². The summed E-state index contributed by atoms with van der Waals surface area (Å²) in [7, 11) is 0. The van der Waals surface area contributed by atoms with Crippen LogP contribution in [0.2, 0.25) is 0 Å². The summed E-state index contributed by atoms with van der Waals surface area (Å²) in [5.41, 5.74) is 2.53. The van der Waals surface area contributed by atoms with Crippen LogP contribution in [0.25, 0.3) is 0 Å². The molecule has 40 heavy (non-hydrogen) atoms. The molecule has 4 aliphatic rings. The lowest BCUT2D eigenvalue weighted by atomic mass is 9.44. The number of ether oxygens (including phenoxy) is 2. The third-order valence-corrected chi connectivity index (χ3v) is 12.0. The second-order valence-corrected chi connectivity index (χ2v) is 14.4. The van der Waals surface area contributed by atoms with E-state index in [0.717, 1.165) is 44.9 Å². The van der Waals surface area contributed by atoms with Gasteiger partial charge in [-0.15, -0.1) is 0 Å². The first-order valence-corrected chi connectivity index (χ1v) is 15.2. The van der Waals surface area contributed by atoms with Gasteiger partial charge in [-0.2, -0.15) is 0 Å². The summed E-state index contributed by atoms with van der Waals surface area (Å²) in [4.78, 5) is 35.6. The molecule has 0 unspecified atom stereocenters. The molecule has 2 fully saturated rings. The minimum atomic E-state index is -0.867. The van der Waals surface area contributed by atoms with E-state index in [1.165, 1.54) is 25.0 Å². The Morgan fingerprint density at radius 2 is 1.62 bits per heavy atom. The number of rotatable bonds is 7. The van der Waals surface area contributed by atoms with E-state index < -0.39 is 5.97 Å². The van der Waals surface area contributed by atoms with Crippen LogP contribution in [0.4, 0.5) is 0 Å². The Kier molecular flexibility index (Phi) is 8.01. The molecule has 6 heteroatoms. The monoisotopic (exact) mass is 554 g/mol. The smallest absolute Gasteiger partial charge is 0.330 e. The van der Waals surface area contributed by atoms with Gasteiger partial charge in [0.25, 0.3) is 0 Å². The Morgan fingerprint density at radius 3 is 2.23 bits per heavy atom. The molecule has 0 aromatic carbocycles. The SMILES string of the molecule is CC(=O)O[C@@H]1CC[C@]2(C)C3=CC[C@]4(C)[C@@H]([C@H](C)CC/C=C(\C)C(=O)O)C[C@@H](OC(C)=O)[C@@]4(C)C3=CC[C@H]2C1(C)C. The number of carbonyl (C=O) groups is 3. The van der Waals surface area contributed by atoms with Gasteiger partial charge in [-0.25, -0.2) is 4.79 Å². The number of carboxylic acids is 1. The number of esters is 2. The molecule has 8 atom stereocenters. The summed E-state index contributed by atoms with van der Waals surface area (Å²) in [5, 5.41) is 9.25. The molecule has 6 nitrogen and oxygen atoms in total. The Labute approximate surface area is 240 Å². The van der Waals surface area contributed by atoms with Crippen molar-refractivity contribution in [3.63, 3.8) is 0 Å². The van der Waals surface area contributed by atoms with Crippen LogP contribution in [0.5, 0.6) is 0 Å². The standard InChI is InChI=1S/C34H50O6/c1-20(11-10-12-21(2)30(37)38)26-19-29(40-23(4)36)34(9)25-13-14-27-31(5,6)28(39-22(3)35)16-17-32(27,7)24(25)15-18-33(26,34)8/h12-13,15,20,26-29H,10-11,14,16-19H2,1-9H3,(H,37,38)/b21-12+/t20-,26-,27+,28-,29-,32-,33-,34-/m1/s1. The minimum Gasteiger partial charge on any atom is -0.478 e. The minimum absolute atomic E-state index is 0.0435. The second kappa shape index (κ2) is 10.5. The predicted molar refractivity (Wildman–Crippen MR) is 155 cm³/mol. The van der Waals surface area contributed by atoms with Gasteiger partial charge in [0.05, 0.1) is 0 Å². The van der Waals surface area contributed by atoms with E-state index in [1.54, 1.807) is 6.92 Å². The molecule has 222 valence electrons. The van der Waals surface area contributed by atoms with E-state index >= 15 is 0 Å². The maximum Gasteiger partial charge on any atom is 0.330 e. The van der Waals surface area contributed by atoms with Gasteiger partial charge < -0.3 is 14.6 Å². The zero-order valence-corrected chi connectivity index (χ0v) is 26.1. The Bertz CT molecular complexity index is 1160. The fraction of sp³-hybridized carbons (Fsp3) is 0.735.